The fourth-order valence-corrected chi connectivity index (χ4v) is 3.77. The molecule has 3 aliphatic rings. The molecule has 1 aromatic carbocycles. The minimum atomic E-state index is -0.333. The van der Waals surface area contributed by atoms with E-state index in [2.05, 4.69) is 25.2 Å². The van der Waals surface area contributed by atoms with Gasteiger partial charge in [-0.15, -0.1) is 0 Å². The van der Waals surface area contributed by atoms with Crippen LogP contribution in [0.1, 0.15) is 38.3 Å². The number of nitrogens with one attached hydrogen (secondary N) is 1. The number of carbonyl (C=O) groups is 1. The molecular weight excluding hydrogens is 262 g/mol. The van der Waals surface area contributed by atoms with Crippen LogP contribution >= 0.6 is 0 Å². The molecule has 0 unspecified atom stereocenters. The van der Waals surface area contributed by atoms with Crippen LogP contribution in [0.15, 0.2) is 42.0 Å². The average molecular weight is 285 g/mol. The van der Waals surface area contributed by atoms with Crippen molar-refractivity contribution < 1.29 is 9.90 Å². The highest BCUT2D eigenvalue weighted by molar-refractivity contribution is 5.95. The molecule has 21 heavy (non-hydrogen) atoms. The Hall–Kier alpha value is -1.61. The Kier molecular flexibility index (Phi) is 3.62. The van der Waals surface area contributed by atoms with Gasteiger partial charge < -0.3 is 10.4 Å². The maximum Gasteiger partial charge on any atom is 0.247 e. The van der Waals surface area contributed by atoms with E-state index in [0.717, 1.165) is 29.9 Å². The molecule has 4 rings (SSSR count). The van der Waals surface area contributed by atoms with Gasteiger partial charge in [0.2, 0.25) is 5.91 Å². The molecule has 0 aromatic heterocycles. The molecule has 3 aliphatic carbocycles. The third kappa shape index (κ3) is 2.40. The number of amides is 1. The number of aliphatic hydroxyl groups is 1. The SMILES string of the molecule is CC1(C)[C@H]2CC=C(C(=O)N[C@@H](CO)c3ccccc3)[C@@H]1C2. The van der Waals surface area contributed by atoms with Crippen LogP contribution < -0.4 is 5.32 Å². The number of benzene rings is 1. The second-order valence-electron chi connectivity index (χ2n) is 6.82. The summed E-state index contributed by atoms with van der Waals surface area (Å²) in [5.74, 6) is 1.07. The molecule has 0 radical (unpaired) electrons. The largest absolute Gasteiger partial charge is 0.394 e. The fourth-order valence-electron chi connectivity index (χ4n) is 3.77. The van der Waals surface area contributed by atoms with Crippen LogP contribution in [0.25, 0.3) is 0 Å². The van der Waals surface area contributed by atoms with Crippen LogP contribution in [0.4, 0.5) is 0 Å². The summed E-state index contributed by atoms with van der Waals surface area (Å²) in [7, 11) is 0. The van der Waals surface area contributed by atoms with E-state index in [9.17, 15) is 9.90 Å². The molecule has 2 N–H and O–H groups in total. The highest BCUT2D eigenvalue weighted by Crippen LogP contribution is 2.59. The lowest BCUT2D eigenvalue weighted by molar-refractivity contribution is -0.122. The Balaban J connectivity index is 1.73. The first-order chi connectivity index (χ1) is 10.0. The lowest BCUT2D eigenvalue weighted by Gasteiger charge is -2.56. The third-order valence-electron chi connectivity index (χ3n) is 5.42. The summed E-state index contributed by atoms with van der Waals surface area (Å²) in [4.78, 5) is 12.6. The van der Waals surface area contributed by atoms with Crippen molar-refractivity contribution in [2.24, 2.45) is 17.3 Å². The second-order valence-corrected chi connectivity index (χ2v) is 6.82. The summed E-state index contributed by atoms with van der Waals surface area (Å²) in [5.41, 5.74) is 2.09. The number of fused-ring (bicyclic) bond motifs is 1. The molecule has 1 saturated carbocycles. The maximum atomic E-state index is 12.6. The molecule has 3 heteroatoms. The minimum absolute atomic E-state index is 0.0193. The van der Waals surface area contributed by atoms with Crippen molar-refractivity contribution in [2.75, 3.05) is 6.61 Å². The molecule has 2 bridgehead atoms. The van der Waals surface area contributed by atoms with Crippen LogP contribution in [-0.2, 0) is 4.79 Å². The molecule has 1 amide bonds. The summed E-state index contributed by atoms with van der Waals surface area (Å²) in [5, 5.41) is 12.6. The summed E-state index contributed by atoms with van der Waals surface area (Å²) in [6.07, 6.45) is 4.22. The van der Waals surface area contributed by atoms with Crippen molar-refractivity contribution in [3.63, 3.8) is 0 Å². The van der Waals surface area contributed by atoms with E-state index in [1.165, 1.54) is 0 Å². The standard InChI is InChI=1S/C18H23NO2/c1-18(2)13-8-9-14(15(18)10-13)17(21)19-16(11-20)12-6-4-3-5-7-12/h3-7,9,13,15-16,20H,8,10-11H2,1-2H3,(H,19,21)/t13-,15-,16-/m0/s1. The Morgan fingerprint density at radius 1 is 1.38 bits per heavy atom. The zero-order chi connectivity index (χ0) is 15.0. The van der Waals surface area contributed by atoms with Gasteiger partial charge in [-0.1, -0.05) is 50.3 Å². The van der Waals surface area contributed by atoms with Gasteiger partial charge in [0.25, 0.3) is 0 Å². The van der Waals surface area contributed by atoms with Gasteiger partial charge in [0, 0.05) is 5.57 Å². The molecule has 1 fully saturated rings. The second kappa shape index (κ2) is 5.30. The van der Waals surface area contributed by atoms with Crippen LogP contribution in [0.2, 0.25) is 0 Å². The van der Waals surface area contributed by atoms with Crippen molar-refractivity contribution in [1.82, 2.24) is 5.32 Å². The van der Waals surface area contributed by atoms with Crippen molar-refractivity contribution in [3.05, 3.63) is 47.5 Å². The Morgan fingerprint density at radius 3 is 2.67 bits per heavy atom. The van der Waals surface area contributed by atoms with Crippen LogP contribution in [0, 0.1) is 17.3 Å². The molecule has 0 aliphatic heterocycles. The number of aliphatic hydroxyl groups excluding tert-OH is 1. The molecule has 0 spiro atoms. The lowest BCUT2D eigenvalue weighted by Crippen LogP contribution is -2.51. The Labute approximate surface area is 126 Å². The number of carbonyl (C=O) groups excluding carboxylic acids is 1. The topological polar surface area (TPSA) is 49.3 Å². The first-order valence-corrected chi connectivity index (χ1v) is 7.70. The molecule has 3 nitrogen and oxygen atoms in total. The third-order valence-corrected chi connectivity index (χ3v) is 5.42. The van der Waals surface area contributed by atoms with Gasteiger partial charge in [0.05, 0.1) is 12.6 Å². The summed E-state index contributed by atoms with van der Waals surface area (Å²) in [6, 6.07) is 9.30. The van der Waals surface area contributed by atoms with E-state index in [1.54, 1.807) is 0 Å². The van der Waals surface area contributed by atoms with E-state index >= 15 is 0 Å². The summed E-state index contributed by atoms with van der Waals surface area (Å²) < 4.78 is 0. The quantitative estimate of drug-likeness (QED) is 0.893. The normalized spacial score (nSPS) is 27.3. The van der Waals surface area contributed by atoms with E-state index in [-0.39, 0.29) is 24.0 Å². The first-order valence-electron chi connectivity index (χ1n) is 7.70. The van der Waals surface area contributed by atoms with Gasteiger partial charge in [-0.05, 0) is 35.7 Å². The van der Waals surface area contributed by atoms with E-state index < -0.39 is 0 Å². The lowest BCUT2D eigenvalue weighted by atomic mass is 9.49. The van der Waals surface area contributed by atoms with Gasteiger partial charge in [0.15, 0.2) is 0 Å². The molecule has 0 saturated heterocycles. The van der Waals surface area contributed by atoms with Gasteiger partial charge in [-0.3, -0.25) is 4.79 Å². The van der Waals surface area contributed by atoms with Crippen molar-refractivity contribution in [1.29, 1.82) is 0 Å². The summed E-state index contributed by atoms with van der Waals surface area (Å²) in [6.45, 7) is 4.43. The average Bonchev–Trinajstić information content (AvgIpc) is 2.53. The molecule has 112 valence electrons. The minimum Gasteiger partial charge on any atom is -0.394 e. The van der Waals surface area contributed by atoms with Gasteiger partial charge in [0.1, 0.15) is 0 Å². The van der Waals surface area contributed by atoms with Gasteiger partial charge >= 0.3 is 0 Å². The van der Waals surface area contributed by atoms with Crippen LogP contribution in [-0.4, -0.2) is 17.6 Å². The first kappa shape index (κ1) is 14.3. The zero-order valence-corrected chi connectivity index (χ0v) is 12.7. The van der Waals surface area contributed by atoms with Gasteiger partial charge in [-0.2, -0.15) is 0 Å². The highest BCUT2D eigenvalue weighted by atomic mass is 16.3. The number of rotatable bonds is 4. The van der Waals surface area contributed by atoms with E-state index in [4.69, 9.17) is 0 Å². The van der Waals surface area contributed by atoms with Crippen LogP contribution in [0.5, 0.6) is 0 Å². The molecular formula is C18H23NO2. The van der Waals surface area contributed by atoms with Crippen molar-refractivity contribution in [3.8, 4) is 0 Å². The number of hydrogen-bond donors (Lipinski definition) is 2. The highest BCUT2D eigenvalue weighted by Gasteiger charge is 2.52. The molecule has 1 aromatic rings. The zero-order valence-electron chi connectivity index (χ0n) is 12.7. The van der Waals surface area contributed by atoms with Crippen molar-refractivity contribution >= 4 is 5.91 Å². The van der Waals surface area contributed by atoms with Gasteiger partial charge in [-0.25, -0.2) is 0 Å². The van der Waals surface area contributed by atoms with Crippen molar-refractivity contribution in [2.45, 2.75) is 32.7 Å². The predicted molar refractivity (Wildman–Crippen MR) is 82.5 cm³/mol. The van der Waals surface area contributed by atoms with E-state index in [1.807, 2.05) is 30.3 Å². The smallest absolute Gasteiger partial charge is 0.247 e. The monoisotopic (exact) mass is 285 g/mol. The predicted octanol–water partition coefficient (Wildman–Crippen LogP) is 2.83. The number of hydrogen-bond acceptors (Lipinski definition) is 2. The Morgan fingerprint density at radius 2 is 2.10 bits per heavy atom. The van der Waals surface area contributed by atoms with Crippen LogP contribution in [0.3, 0.4) is 0 Å². The number of allylic oxidation sites excluding steroid dienone is 1. The Bertz CT molecular complexity index is 562. The van der Waals surface area contributed by atoms with E-state index in [0.29, 0.717) is 5.92 Å². The fraction of sp³-hybridized carbons (Fsp3) is 0.500. The molecule has 3 atom stereocenters. The maximum absolute atomic E-state index is 12.6. The summed E-state index contributed by atoms with van der Waals surface area (Å²) >= 11 is 0. The molecule has 0 heterocycles.